The van der Waals surface area contributed by atoms with Crippen LogP contribution in [0.5, 0.6) is 11.5 Å². The first-order valence-electron chi connectivity index (χ1n) is 6.86. The van der Waals surface area contributed by atoms with Gasteiger partial charge in [0.15, 0.2) is 11.5 Å². The van der Waals surface area contributed by atoms with Crippen molar-refractivity contribution in [3.05, 3.63) is 23.8 Å². The fourth-order valence-corrected chi connectivity index (χ4v) is 2.35. The molecule has 0 bridgehead atoms. The minimum absolute atomic E-state index is 0.321. The maximum atomic E-state index is 5.80. The summed E-state index contributed by atoms with van der Waals surface area (Å²) in [6.45, 7) is 8.96. The largest absolute Gasteiger partial charge is 0.486 e. The van der Waals surface area contributed by atoms with Crippen molar-refractivity contribution in [3.63, 3.8) is 0 Å². The molecule has 1 aliphatic heterocycles. The van der Waals surface area contributed by atoms with E-state index in [0.29, 0.717) is 25.2 Å². The van der Waals surface area contributed by atoms with Crippen molar-refractivity contribution in [2.75, 3.05) is 19.8 Å². The number of nitrogens with one attached hydrogen (secondary N) is 1. The molecule has 1 heterocycles. The van der Waals surface area contributed by atoms with Gasteiger partial charge in [0.1, 0.15) is 13.2 Å². The summed E-state index contributed by atoms with van der Waals surface area (Å²) in [4.78, 5) is 0. The van der Waals surface area contributed by atoms with Crippen LogP contribution in [0.4, 0.5) is 0 Å². The molecule has 2 rings (SSSR count). The van der Waals surface area contributed by atoms with Crippen LogP contribution in [0, 0.1) is 5.92 Å². The average molecular weight is 249 g/mol. The zero-order valence-corrected chi connectivity index (χ0v) is 11.5. The quantitative estimate of drug-likeness (QED) is 0.869. The summed E-state index contributed by atoms with van der Waals surface area (Å²) in [6, 6.07) is 6.49. The molecule has 0 fully saturated rings. The van der Waals surface area contributed by atoms with Gasteiger partial charge in [0.2, 0.25) is 0 Å². The van der Waals surface area contributed by atoms with E-state index in [-0.39, 0.29) is 0 Å². The highest BCUT2D eigenvalue weighted by Crippen LogP contribution is 2.38. The van der Waals surface area contributed by atoms with Crippen LogP contribution in [0.15, 0.2) is 18.2 Å². The van der Waals surface area contributed by atoms with Crippen LogP contribution < -0.4 is 14.8 Å². The number of benzene rings is 1. The van der Waals surface area contributed by atoms with E-state index in [0.717, 1.165) is 24.5 Å². The van der Waals surface area contributed by atoms with Crippen LogP contribution in [0.3, 0.4) is 0 Å². The number of ether oxygens (including phenoxy) is 2. The molecule has 1 atom stereocenters. The Hall–Kier alpha value is -1.22. The van der Waals surface area contributed by atoms with Crippen LogP contribution >= 0.6 is 0 Å². The van der Waals surface area contributed by atoms with E-state index in [4.69, 9.17) is 9.47 Å². The van der Waals surface area contributed by atoms with Gasteiger partial charge in [-0.2, -0.15) is 0 Å². The number of hydrogen-bond acceptors (Lipinski definition) is 3. The highest BCUT2D eigenvalue weighted by molar-refractivity contribution is 5.49. The maximum Gasteiger partial charge on any atom is 0.166 e. The summed E-state index contributed by atoms with van der Waals surface area (Å²) >= 11 is 0. The Bertz CT molecular complexity index is 390. The number of hydrogen-bond donors (Lipinski definition) is 1. The Morgan fingerprint density at radius 3 is 2.72 bits per heavy atom. The van der Waals surface area contributed by atoms with Gasteiger partial charge in [-0.25, -0.2) is 0 Å². The molecule has 18 heavy (non-hydrogen) atoms. The van der Waals surface area contributed by atoms with Gasteiger partial charge in [0.25, 0.3) is 0 Å². The molecule has 0 spiro atoms. The third kappa shape index (κ3) is 2.78. The maximum absolute atomic E-state index is 5.80. The SMILES string of the molecule is CCCNC(c1cccc2c1OCCO2)C(C)C. The van der Waals surface area contributed by atoms with Crippen LogP contribution in [0.2, 0.25) is 0 Å². The van der Waals surface area contributed by atoms with E-state index in [1.807, 2.05) is 12.1 Å². The second-order valence-electron chi connectivity index (χ2n) is 5.05. The van der Waals surface area contributed by atoms with E-state index in [9.17, 15) is 0 Å². The standard InChI is InChI=1S/C15H23NO2/c1-4-8-16-14(11(2)3)12-6-5-7-13-15(12)18-10-9-17-13/h5-7,11,14,16H,4,8-10H2,1-3H3. The third-order valence-corrected chi connectivity index (χ3v) is 3.21. The number of para-hydroxylation sites is 1. The zero-order chi connectivity index (χ0) is 13.0. The lowest BCUT2D eigenvalue weighted by Crippen LogP contribution is -2.28. The minimum Gasteiger partial charge on any atom is -0.486 e. The molecule has 3 heteroatoms. The van der Waals surface area contributed by atoms with Crippen LogP contribution in [0.1, 0.15) is 38.8 Å². The Morgan fingerprint density at radius 1 is 1.22 bits per heavy atom. The topological polar surface area (TPSA) is 30.5 Å². The van der Waals surface area contributed by atoms with Crippen molar-refractivity contribution >= 4 is 0 Å². The monoisotopic (exact) mass is 249 g/mol. The summed E-state index contributed by atoms with van der Waals surface area (Å²) in [5.41, 5.74) is 1.22. The number of fused-ring (bicyclic) bond motifs is 1. The lowest BCUT2D eigenvalue weighted by Gasteiger charge is -2.28. The highest BCUT2D eigenvalue weighted by atomic mass is 16.6. The number of rotatable bonds is 5. The molecule has 3 nitrogen and oxygen atoms in total. The summed E-state index contributed by atoms with van der Waals surface area (Å²) in [5, 5.41) is 3.60. The molecule has 0 saturated carbocycles. The van der Waals surface area contributed by atoms with E-state index >= 15 is 0 Å². The normalized spacial score (nSPS) is 15.8. The van der Waals surface area contributed by atoms with Gasteiger partial charge in [0, 0.05) is 11.6 Å². The third-order valence-electron chi connectivity index (χ3n) is 3.21. The van der Waals surface area contributed by atoms with Gasteiger partial charge in [-0.15, -0.1) is 0 Å². The fourth-order valence-electron chi connectivity index (χ4n) is 2.35. The molecule has 0 amide bonds. The van der Waals surface area contributed by atoms with Crippen molar-refractivity contribution in [2.24, 2.45) is 5.92 Å². The summed E-state index contributed by atoms with van der Waals surface area (Å²) < 4.78 is 11.4. The molecule has 0 aromatic heterocycles. The van der Waals surface area contributed by atoms with E-state index in [1.165, 1.54) is 5.56 Å². The Balaban J connectivity index is 2.29. The van der Waals surface area contributed by atoms with E-state index in [1.54, 1.807) is 0 Å². The van der Waals surface area contributed by atoms with Crippen LogP contribution in [-0.4, -0.2) is 19.8 Å². The molecule has 1 aliphatic rings. The molecular weight excluding hydrogens is 226 g/mol. The summed E-state index contributed by atoms with van der Waals surface area (Å²) in [5.74, 6) is 2.32. The molecule has 1 N–H and O–H groups in total. The second kappa shape index (κ2) is 6.10. The summed E-state index contributed by atoms with van der Waals surface area (Å²) in [7, 11) is 0. The molecule has 0 saturated heterocycles. The first-order chi connectivity index (χ1) is 8.74. The van der Waals surface area contributed by atoms with E-state index in [2.05, 4.69) is 32.2 Å². The molecule has 1 aromatic rings. The summed E-state index contributed by atoms with van der Waals surface area (Å²) in [6.07, 6.45) is 1.13. The van der Waals surface area contributed by atoms with Crippen molar-refractivity contribution in [3.8, 4) is 11.5 Å². The molecule has 1 unspecified atom stereocenters. The smallest absolute Gasteiger partial charge is 0.166 e. The Morgan fingerprint density at radius 2 is 2.00 bits per heavy atom. The first kappa shape index (κ1) is 13.2. The predicted molar refractivity (Wildman–Crippen MR) is 73.3 cm³/mol. The Kier molecular flexibility index (Phi) is 4.48. The van der Waals surface area contributed by atoms with Gasteiger partial charge in [-0.05, 0) is 24.9 Å². The van der Waals surface area contributed by atoms with Gasteiger partial charge in [-0.3, -0.25) is 0 Å². The second-order valence-corrected chi connectivity index (χ2v) is 5.05. The van der Waals surface area contributed by atoms with Crippen LogP contribution in [-0.2, 0) is 0 Å². The molecule has 1 aromatic carbocycles. The van der Waals surface area contributed by atoms with Gasteiger partial charge < -0.3 is 14.8 Å². The average Bonchev–Trinajstić information content (AvgIpc) is 2.39. The lowest BCUT2D eigenvalue weighted by molar-refractivity contribution is 0.167. The highest BCUT2D eigenvalue weighted by Gasteiger charge is 2.23. The molecule has 0 aliphatic carbocycles. The van der Waals surface area contributed by atoms with Gasteiger partial charge in [0.05, 0.1) is 0 Å². The van der Waals surface area contributed by atoms with E-state index < -0.39 is 0 Å². The molecule has 0 radical (unpaired) electrons. The van der Waals surface area contributed by atoms with Crippen molar-refractivity contribution < 1.29 is 9.47 Å². The van der Waals surface area contributed by atoms with Crippen molar-refractivity contribution in [2.45, 2.75) is 33.2 Å². The van der Waals surface area contributed by atoms with Gasteiger partial charge >= 0.3 is 0 Å². The molecule has 100 valence electrons. The van der Waals surface area contributed by atoms with Crippen molar-refractivity contribution in [1.29, 1.82) is 0 Å². The zero-order valence-electron chi connectivity index (χ0n) is 11.5. The van der Waals surface area contributed by atoms with Gasteiger partial charge in [-0.1, -0.05) is 32.9 Å². The molecular formula is C15H23NO2. The minimum atomic E-state index is 0.321. The lowest BCUT2D eigenvalue weighted by atomic mass is 9.94. The van der Waals surface area contributed by atoms with Crippen LogP contribution in [0.25, 0.3) is 0 Å². The Labute approximate surface area is 109 Å². The first-order valence-corrected chi connectivity index (χ1v) is 6.86. The fraction of sp³-hybridized carbons (Fsp3) is 0.600. The predicted octanol–water partition coefficient (Wildman–Crippen LogP) is 3.15. The van der Waals surface area contributed by atoms with Crippen molar-refractivity contribution in [1.82, 2.24) is 5.32 Å².